The van der Waals surface area contributed by atoms with Crippen molar-refractivity contribution in [2.75, 3.05) is 13.2 Å². The van der Waals surface area contributed by atoms with E-state index in [0.717, 1.165) is 11.6 Å². The molecule has 1 aromatic heterocycles. The zero-order valence-electron chi connectivity index (χ0n) is 18.2. The third kappa shape index (κ3) is 5.82. The van der Waals surface area contributed by atoms with E-state index < -0.39 is 23.9 Å². The van der Waals surface area contributed by atoms with Gasteiger partial charge in [0.25, 0.3) is 0 Å². The third-order valence-corrected chi connectivity index (χ3v) is 6.36. The fraction of sp³-hybridized carbons (Fsp3) is 0.348. The lowest BCUT2D eigenvalue weighted by Gasteiger charge is -2.17. The molecule has 3 aromatic rings. The van der Waals surface area contributed by atoms with Gasteiger partial charge in [-0.1, -0.05) is 34.4 Å². The van der Waals surface area contributed by atoms with E-state index in [-0.39, 0.29) is 29.6 Å². The smallest absolute Gasteiger partial charge is 0.419 e. The molecule has 4 rings (SSSR count). The molecule has 0 saturated carbocycles. The molecule has 2 heterocycles. The van der Waals surface area contributed by atoms with Crippen LogP contribution < -0.4 is 4.74 Å². The Bertz CT molecular complexity index is 1220. The number of rotatable bonds is 7. The Hall–Kier alpha value is -2.98. The zero-order valence-corrected chi connectivity index (χ0v) is 19.7. The monoisotopic (exact) mass is 529 g/mol. The zero-order chi connectivity index (χ0) is 25.2. The molecule has 12 heteroatoms. The summed E-state index contributed by atoms with van der Waals surface area (Å²) in [5, 5.41) is 13.9. The molecular weight excluding hydrogens is 510 g/mol. The molecule has 7 nitrogen and oxygen atoms in total. The molecule has 1 N–H and O–H groups in total. The second-order valence-electron chi connectivity index (χ2n) is 8.00. The van der Waals surface area contributed by atoms with E-state index in [4.69, 9.17) is 32.5 Å². The van der Waals surface area contributed by atoms with Gasteiger partial charge < -0.3 is 14.4 Å². The summed E-state index contributed by atoms with van der Waals surface area (Å²) < 4.78 is 51.9. The van der Waals surface area contributed by atoms with Crippen LogP contribution in [0.25, 0.3) is 11.4 Å². The lowest BCUT2D eigenvalue weighted by atomic mass is 10.1. The summed E-state index contributed by atoms with van der Waals surface area (Å²) in [5.74, 6) is -0.322. The number of hydrogen-bond donors (Lipinski definition) is 1. The molecule has 0 aliphatic carbocycles. The normalized spacial score (nSPS) is 16.0. The standard InChI is InChI=1S/C23H20Cl2F3N3O4/c24-16-7-5-13(11-17(16)25)3-2-10-34-19-8-6-14(12-15(19)23(26,27)28)20-29-21(35-30-20)18-4-1-9-31(18)22(32)33/h5-8,11-12,18H,1-4,9-10H2,(H,32,33). The SMILES string of the molecule is O=C(O)N1CCCC1c1nc(-c2ccc(OCCCc3ccc(Cl)c(Cl)c3)c(C(F)(F)F)c2)no1. The van der Waals surface area contributed by atoms with Gasteiger partial charge in [0.15, 0.2) is 0 Å². The predicted octanol–water partition coefficient (Wildman–Crippen LogP) is 6.89. The molecule has 1 aliphatic rings. The van der Waals surface area contributed by atoms with Crippen molar-refractivity contribution >= 4 is 29.3 Å². The number of halogens is 5. The summed E-state index contributed by atoms with van der Waals surface area (Å²) in [6.07, 6.45) is -3.65. The molecule has 1 atom stereocenters. The van der Waals surface area contributed by atoms with Crippen LogP contribution in [-0.2, 0) is 12.6 Å². The number of carboxylic acid groups (broad SMARTS) is 1. The van der Waals surface area contributed by atoms with E-state index in [1.54, 1.807) is 18.2 Å². The lowest BCUT2D eigenvalue weighted by molar-refractivity contribution is -0.138. The minimum Gasteiger partial charge on any atom is -0.493 e. The summed E-state index contributed by atoms with van der Waals surface area (Å²) in [4.78, 5) is 16.7. The van der Waals surface area contributed by atoms with Crippen LogP contribution in [-0.4, -0.2) is 39.4 Å². The first kappa shape index (κ1) is 25.1. The van der Waals surface area contributed by atoms with Crippen molar-refractivity contribution in [1.29, 1.82) is 0 Å². The van der Waals surface area contributed by atoms with Crippen LogP contribution >= 0.6 is 23.2 Å². The number of aryl methyl sites for hydroxylation is 1. The van der Waals surface area contributed by atoms with E-state index in [0.29, 0.717) is 42.3 Å². The van der Waals surface area contributed by atoms with Crippen LogP contribution in [0.5, 0.6) is 5.75 Å². The highest BCUT2D eigenvalue weighted by Crippen LogP contribution is 2.39. The first-order valence-corrected chi connectivity index (χ1v) is 11.5. The highest BCUT2D eigenvalue weighted by molar-refractivity contribution is 6.42. The first-order chi connectivity index (χ1) is 16.6. The van der Waals surface area contributed by atoms with Gasteiger partial charge in [-0.05, 0) is 61.6 Å². The van der Waals surface area contributed by atoms with E-state index in [1.807, 2.05) is 0 Å². The van der Waals surface area contributed by atoms with Gasteiger partial charge in [-0.2, -0.15) is 18.2 Å². The van der Waals surface area contributed by atoms with E-state index in [2.05, 4.69) is 10.1 Å². The molecule has 1 fully saturated rings. The Morgan fingerprint density at radius 1 is 1.20 bits per heavy atom. The fourth-order valence-electron chi connectivity index (χ4n) is 3.91. The number of nitrogens with zero attached hydrogens (tertiary/aromatic N) is 3. The molecule has 186 valence electrons. The summed E-state index contributed by atoms with van der Waals surface area (Å²) >= 11 is 11.9. The number of benzene rings is 2. The lowest BCUT2D eigenvalue weighted by Crippen LogP contribution is -2.28. The van der Waals surface area contributed by atoms with Gasteiger partial charge in [-0.15, -0.1) is 0 Å². The van der Waals surface area contributed by atoms with Gasteiger partial charge in [0.1, 0.15) is 11.8 Å². The van der Waals surface area contributed by atoms with Crippen LogP contribution in [0.15, 0.2) is 40.9 Å². The van der Waals surface area contributed by atoms with Gasteiger partial charge >= 0.3 is 12.3 Å². The maximum absolute atomic E-state index is 13.7. The topological polar surface area (TPSA) is 88.7 Å². The number of alkyl halides is 3. The van der Waals surface area contributed by atoms with Crippen molar-refractivity contribution in [3.05, 3.63) is 63.5 Å². The number of aromatic nitrogens is 2. The van der Waals surface area contributed by atoms with Gasteiger partial charge in [-0.3, -0.25) is 4.90 Å². The van der Waals surface area contributed by atoms with Crippen LogP contribution in [0.4, 0.5) is 18.0 Å². The summed E-state index contributed by atoms with van der Waals surface area (Å²) in [6.45, 7) is 0.384. The van der Waals surface area contributed by atoms with Crippen LogP contribution in [0, 0.1) is 0 Å². The van der Waals surface area contributed by atoms with Gasteiger partial charge in [0.05, 0.1) is 22.2 Å². The largest absolute Gasteiger partial charge is 0.493 e. The van der Waals surface area contributed by atoms with E-state index in [1.165, 1.54) is 17.0 Å². The van der Waals surface area contributed by atoms with Gasteiger partial charge in [0, 0.05) is 12.1 Å². The second kappa shape index (κ2) is 10.3. The second-order valence-corrected chi connectivity index (χ2v) is 8.81. The highest BCUT2D eigenvalue weighted by Gasteiger charge is 2.36. The Labute approximate surface area is 208 Å². The Morgan fingerprint density at radius 3 is 2.71 bits per heavy atom. The Kier molecular flexibility index (Phi) is 7.42. The van der Waals surface area contributed by atoms with Crippen molar-refractivity contribution in [1.82, 2.24) is 15.0 Å². The summed E-state index contributed by atoms with van der Waals surface area (Å²) in [7, 11) is 0. The molecule has 1 saturated heterocycles. The predicted molar refractivity (Wildman–Crippen MR) is 122 cm³/mol. The first-order valence-electron chi connectivity index (χ1n) is 10.7. The minimum atomic E-state index is -4.67. The maximum atomic E-state index is 13.7. The highest BCUT2D eigenvalue weighted by atomic mass is 35.5. The molecule has 35 heavy (non-hydrogen) atoms. The quantitative estimate of drug-likeness (QED) is 0.335. The van der Waals surface area contributed by atoms with Crippen molar-refractivity contribution in [3.8, 4) is 17.1 Å². The van der Waals surface area contributed by atoms with Crippen LogP contribution in [0.3, 0.4) is 0 Å². The van der Waals surface area contributed by atoms with Crippen molar-refractivity contribution < 1.29 is 32.3 Å². The van der Waals surface area contributed by atoms with Gasteiger partial charge in [0.2, 0.25) is 11.7 Å². The Morgan fingerprint density at radius 2 is 2.00 bits per heavy atom. The molecular formula is C23H20Cl2F3N3O4. The van der Waals surface area contributed by atoms with E-state index >= 15 is 0 Å². The molecule has 0 radical (unpaired) electrons. The molecule has 2 aromatic carbocycles. The fourth-order valence-corrected chi connectivity index (χ4v) is 4.23. The Balaban J connectivity index is 1.47. The van der Waals surface area contributed by atoms with E-state index in [9.17, 15) is 23.1 Å². The molecule has 0 bridgehead atoms. The van der Waals surface area contributed by atoms with Crippen LogP contribution in [0.2, 0.25) is 10.0 Å². The average molecular weight is 530 g/mol. The maximum Gasteiger partial charge on any atom is 0.419 e. The minimum absolute atomic E-state index is 0.0519. The average Bonchev–Trinajstić information content (AvgIpc) is 3.48. The van der Waals surface area contributed by atoms with Crippen molar-refractivity contribution in [2.24, 2.45) is 0 Å². The van der Waals surface area contributed by atoms with Crippen LogP contribution in [0.1, 0.15) is 42.3 Å². The summed E-state index contributed by atoms with van der Waals surface area (Å²) in [5.41, 5.74) is 0.00491. The molecule has 1 aliphatic heterocycles. The molecule has 1 unspecified atom stereocenters. The number of carbonyl (C=O) groups is 1. The van der Waals surface area contributed by atoms with Gasteiger partial charge in [-0.25, -0.2) is 4.79 Å². The number of ether oxygens (including phenoxy) is 1. The summed E-state index contributed by atoms with van der Waals surface area (Å²) in [6, 6.07) is 8.07. The third-order valence-electron chi connectivity index (χ3n) is 5.62. The van der Waals surface area contributed by atoms with Crippen molar-refractivity contribution in [2.45, 2.75) is 37.9 Å². The number of amides is 1. The van der Waals surface area contributed by atoms with Crippen molar-refractivity contribution in [3.63, 3.8) is 0 Å². The molecule has 0 spiro atoms. The number of likely N-dealkylation sites (tertiary alicyclic amines) is 1. The molecule has 1 amide bonds. The number of hydrogen-bond acceptors (Lipinski definition) is 5.